The zero-order valence-electron chi connectivity index (χ0n) is 12.7. The third-order valence-electron chi connectivity index (χ3n) is 7.79. The summed E-state index contributed by atoms with van der Waals surface area (Å²) in [6, 6.07) is 3.61. The minimum absolute atomic E-state index is 0.213. The van der Waals surface area contributed by atoms with Crippen LogP contribution in [0, 0.1) is 67.1 Å². The van der Waals surface area contributed by atoms with Crippen LogP contribution in [-0.2, 0) is 0 Å². The van der Waals surface area contributed by atoms with Crippen LogP contribution in [0.4, 0.5) is 17.1 Å². The maximum absolute atomic E-state index is 11.2. The van der Waals surface area contributed by atoms with Gasteiger partial charge in [0, 0.05) is 23.6 Å². The Morgan fingerprint density at radius 1 is 1.08 bits per heavy atom. The lowest BCUT2D eigenvalue weighted by atomic mass is 9.14. The largest absolute Gasteiger partial charge is 0.301 e. The van der Waals surface area contributed by atoms with Crippen molar-refractivity contribution >= 4 is 22.8 Å². The van der Waals surface area contributed by atoms with Crippen molar-refractivity contribution in [2.24, 2.45) is 51.9 Å². The first kappa shape index (κ1) is 12.9. The van der Waals surface area contributed by atoms with Crippen molar-refractivity contribution in [2.45, 2.75) is 6.92 Å². The molecule has 6 fully saturated rings. The van der Waals surface area contributed by atoms with Crippen molar-refractivity contribution in [3.05, 3.63) is 38.4 Å². The van der Waals surface area contributed by atoms with E-state index in [-0.39, 0.29) is 17.1 Å². The minimum Gasteiger partial charge on any atom is -0.272 e. The van der Waals surface area contributed by atoms with Crippen LogP contribution < -0.4 is 5.43 Å². The fraction of sp³-hybridized carbons (Fsp3) is 0.562. The molecule has 0 spiro atoms. The van der Waals surface area contributed by atoms with Crippen molar-refractivity contribution in [1.82, 2.24) is 0 Å². The molecular weight excluding hydrogens is 312 g/mol. The van der Waals surface area contributed by atoms with Gasteiger partial charge in [-0.15, -0.1) is 0 Å². The maximum Gasteiger partial charge on any atom is 0.301 e. The van der Waals surface area contributed by atoms with Gasteiger partial charge in [-0.05, 0) is 41.1 Å². The van der Waals surface area contributed by atoms with Crippen molar-refractivity contribution < 1.29 is 9.85 Å². The molecule has 0 aliphatic heterocycles. The van der Waals surface area contributed by atoms with Gasteiger partial charge in [-0.2, -0.15) is 5.10 Å². The smallest absolute Gasteiger partial charge is 0.272 e. The van der Waals surface area contributed by atoms with E-state index in [0.29, 0.717) is 17.3 Å². The number of nitrogens with zero attached hydrogens (tertiary/aromatic N) is 3. The number of benzene rings is 1. The van der Waals surface area contributed by atoms with Crippen LogP contribution >= 0.6 is 0 Å². The standard InChI is InChI=1S/C16H14N4O4/c1-16-12-9-8-10(12)14(16)11(13(9)16)15(8)18-17-6-3-2-5(19(21)22)4-7(6)20(23)24/h2-4,8-14,17H,1H3/b18-15+/t8?,9-,10-,11?,12?,13+,14+,16?/m1/s1. The third kappa shape index (κ3) is 1.00. The number of hydrogen-bond donors (Lipinski definition) is 1. The summed E-state index contributed by atoms with van der Waals surface area (Å²) < 4.78 is 0. The molecule has 6 aliphatic carbocycles. The van der Waals surface area contributed by atoms with Crippen LogP contribution in [-0.4, -0.2) is 15.6 Å². The Balaban J connectivity index is 1.32. The van der Waals surface area contributed by atoms with Crippen LogP contribution in [0.5, 0.6) is 0 Å². The number of rotatable bonds is 4. The van der Waals surface area contributed by atoms with Crippen LogP contribution in [0.15, 0.2) is 23.3 Å². The Morgan fingerprint density at radius 2 is 1.79 bits per heavy atom. The van der Waals surface area contributed by atoms with E-state index in [9.17, 15) is 20.2 Å². The van der Waals surface area contributed by atoms with Crippen LogP contribution in [0.2, 0.25) is 0 Å². The molecule has 1 aromatic carbocycles. The molecule has 0 saturated heterocycles. The second kappa shape index (κ2) is 3.45. The number of nitro groups is 2. The number of hydrogen-bond acceptors (Lipinski definition) is 6. The zero-order chi connectivity index (χ0) is 16.5. The van der Waals surface area contributed by atoms with Gasteiger partial charge in [0.05, 0.1) is 15.9 Å². The maximum atomic E-state index is 11.2. The second-order valence-corrected chi connectivity index (χ2v) is 8.01. The molecule has 0 amide bonds. The molecular formula is C16H14N4O4. The number of anilines is 1. The first-order valence-corrected chi connectivity index (χ1v) is 8.22. The van der Waals surface area contributed by atoms with Gasteiger partial charge in [0.15, 0.2) is 0 Å². The van der Waals surface area contributed by atoms with E-state index in [0.717, 1.165) is 35.7 Å². The fourth-order valence-electron chi connectivity index (χ4n) is 7.29. The normalized spacial score (nSPS) is 48.7. The third-order valence-corrected chi connectivity index (χ3v) is 7.79. The number of nitrogens with one attached hydrogen (secondary N) is 1. The molecule has 1 aromatic rings. The van der Waals surface area contributed by atoms with Crippen molar-refractivity contribution in [3.8, 4) is 0 Å². The molecule has 0 radical (unpaired) electrons. The Morgan fingerprint density at radius 3 is 2.38 bits per heavy atom. The average Bonchev–Trinajstić information content (AvgIpc) is 2.75. The lowest BCUT2D eigenvalue weighted by molar-refractivity contribution is -0.440. The monoisotopic (exact) mass is 326 g/mol. The zero-order valence-corrected chi connectivity index (χ0v) is 12.7. The molecule has 0 aromatic heterocycles. The average molecular weight is 326 g/mol. The molecule has 1 N–H and O–H groups in total. The van der Waals surface area contributed by atoms with Gasteiger partial charge < -0.3 is 0 Å². The van der Waals surface area contributed by atoms with Crippen molar-refractivity contribution in [3.63, 3.8) is 0 Å². The first-order chi connectivity index (χ1) is 11.5. The SMILES string of the molecule is CC12C3[C@H]4C5/C(=N\Nc6ccc([N+](=O)[O-])cc6[N+](=O)[O-])C([C@H]41)[C@@H]2[C@H]53. The van der Waals surface area contributed by atoms with E-state index in [1.165, 1.54) is 17.8 Å². The highest BCUT2D eigenvalue weighted by molar-refractivity contribution is 6.00. The summed E-state index contributed by atoms with van der Waals surface area (Å²) in [5.74, 6) is 5.26. The van der Waals surface area contributed by atoms with Gasteiger partial charge in [-0.3, -0.25) is 25.7 Å². The lowest BCUT2D eigenvalue weighted by Gasteiger charge is -2.90. The molecule has 6 aliphatic rings. The van der Waals surface area contributed by atoms with E-state index < -0.39 is 9.85 Å². The summed E-state index contributed by atoms with van der Waals surface area (Å²) in [5.41, 5.74) is 4.21. The molecule has 24 heavy (non-hydrogen) atoms. The van der Waals surface area contributed by atoms with E-state index in [1.807, 2.05) is 0 Å². The fourth-order valence-corrected chi connectivity index (χ4v) is 7.29. The van der Waals surface area contributed by atoms with E-state index >= 15 is 0 Å². The van der Waals surface area contributed by atoms with Crippen LogP contribution in [0.1, 0.15) is 6.92 Å². The van der Waals surface area contributed by atoms with E-state index in [1.54, 1.807) is 0 Å². The van der Waals surface area contributed by atoms with Crippen molar-refractivity contribution in [2.75, 3.05) is 5.43 Å². The second-order valence-electron chi connectivity index (χ2n) is 8.01. The van der Waals surface area contributed by atoms with Gasteiger partial charge >= 0.3 is 5.69 Å². The topological polar surface area (TPSA) is 111 Å². The summed E-state index contributed by atoms with van der Waals surface area (Å²) in [6.45, 7) is 2.41. The van der Waals surface area contributed by atoms with Gasteiger partial charge in [-0.25, -0.2) is 0 Å². The summed E-state index contributed by atoms with van der Waals surface area (Å²) in [7, 11) is 0. The quantitative estimate of drug-likeness (QED) is 0.675. The highest BCUT2D eigenvalue weighted by atomic mass is 16.6. The van der Waals surface area contributed by atoms with E-state index in [4.69, 9.17) is 0 Å². The Hall–Kier alpha value is -2.51. The predicted octanol–water partition coefficient (Wildman–Crippen LogP) is 2.66. The Kier molecular flexibility index (Phi) is 1.85. The molecule has 2 bridgehead atoms. The first-order valence-electron chi connectivity index (χ1n) is 8.22. The minimum atomic E-state index is -0.635. The van der Waals surface area contributed by atoms with Crippen molar-refractivity contribution in [1.29, 1.82) is 0 Å². The Labute approximate surface area is 136 Å². The molecule has 8 nitrogen and oxygen atoms in total. The number of nitro benzene ring substituents is 2. The summed E-state index contributed by atoms with van der Waals surface area (Å²) in [4.78, 5) is 20.7. The van der Waals surface area contributed by atoms with Crippen LogP contribution in [0.3, 0.4) is 0 Å². The lowest BCUT2D eigenvalue weighted by Crippen LogP contribution is -2.87. The summed E-state index contributed by atoms with van der Waals surface area (Å²) in [5, 5.41) is 26.5. The van der Waals surface area contributed by atoms with Gasteiger partial charge in [0.25, 0.3) is 5.69 Å². The van der Waals surface area contributed by atoms with Gasteiger partial charge in [0.2, 0.25) is 0 Å². The van der Waals surface area contributed by atoms with Gasteiger partial charge in [-0.1, -0.05) is 6.92 Å². The van der Waals surface area contributed by atoms with Gasteiger partial charge in [0.1, 0.15) is 5.69 Å². The summed E-state index contributed by atoms with van der Waals surface area (Å²) in [6.07, 6.45) is 0. The number of non-ortho nitro benzene ring substituents is 1. The molecule has 8 heteroatoms. The molecule has 122 valence electrons. The Bertz CT molecular complexity index is 876. The predicted molar refractivity (Wildman–Crippen MR) is 83.3 cm³/mol. The highest BCUT2D eigenvalue weighted by Gasteiger charge is 2.98. The highest BCUT2D eigenvalue weighted by Crippen LogP contribution is 2.98. The van der Waals surface area contributed by atoms with Crippen LogP contribution in [0.25, 0.3) is 0 Å². The molecule has 0 unspecified atom stereocenters. The van der Waals surface area contributed by atoms with E-state index in [2.05, 4.69) is 17.5 Å². The molecule has 4 atom stereocenters. The molecule has 7 rings (SSSR count). The number of hydrazone groups is 1. The molecule has 0 heterocycles. The summed E-state index contributed by atoms with van der Waals surface area (Å²) >= 11 is 0. The molecule has 6 saturated carbocycles.